The van der Waals surface area contributed by atoms with Crippen LogP contribution < -0.4 is 5.32 Å². The largest absolute Gasteiger partial charge is 0.479 e. The Labute approximate surface area is 116 Å². The molecule has 2 aromatic heterocycles. The number of fused-ring (bicyclic) bond motifs is 1. The van der Waals surface area contributed by atoms with Gasteiger partial charge in [-0.2, -0.15) is 5.26 Å². The smallest absolute Gasteiger partial charge is 0.186 e. The van der Waals surface area contributed by atoms with Crippen molar-refractivity contribution in [1.82, 2.24) is 15.3 Å². The first-order valence-corrected chi connectivity index (χ1v) is 6.48. The third-order valence-corrected chi connectivity index (χ3v) is 3.18. The minimum atomic E-state index is 0.619. The molecule has 5 nitrogen and oxygen atoms in total. The monoisotopic (exact) mass is 266 g/mol. The average Bonchev–Trinajstić information content (AvgIpc) is 2.90. The van der Waals surface area contributed by atoms with Crippen molar-refractivity contribution in [3.8, 4) is 6.07 Å². The molecule has 3 rings (SSSR count). The fourth-order valence-corrected chi connectivity index (χ4v) is 2.18. The highest BCUT2D eigenvalue weighted by Crippen LogP contribution is 2.21. The van der Waals surface area contributed by atoms with Crippen LogP contribution in [0.3, 0.4) is 0 Å². The van der Waals surface area contributed by atoms with E-state index >= 15 is 0 Å². The highest BCUT2D eigenvalue weighted by Gasteiger charge is 2.11. The van der Waals surface area contributed by atoms with E-state index in [1.54, 1.807) is 6.20 Å². The standard InChI is InChI=1S/C15H14N4O/c1-2-20-14-6-3-10(8-17-14)13-5-4-12-11(7-16)9-18-15(12)19-13/h3-6,9,17H,2,8H2,1H3,(H,18,19). The van der Waals surface area contributed by atoms with Crippen molar-refractivity contribution in [3.05, 3.63) is 47.6 Å². The summed E-state index contributed by atoms with van der Waals surface area (Å²) in [5, 5.41) is 13.0. The summed E-state index contributed by atoms with van der Waals surface area (Å²) in [6.45, 7) is 3.27. The van der Waals surface area contributed by atoms with Crippen LogP contribution >= 0.6 is 0 Å². The number of aromatic amines is 1. The summed E-state index contributed by atoms with van der Waals surface area (Å²) in [4.78, 5) is 7.58. The van der Waals surface area contributed by atoms with Crippen molar-refractivity contribution in [2.75, 3.05) is 13.2 Å². The summed E-state index contributed by atoms with van der Waals surface area (Å²) in [5.41, 5.74) is 3.33. The van der Waals surface area contributed by atoms with Gasteiger partial charge in [-0.1, -0.05) is 0 Å². The number of nitriles is 1. The van der Waals surface area contributed by atoms with E-state index in [9.17, 15) is 0 Å². The van der Waals surface area contributed by atoms with Gasteiger partial charge in [-0.05, 0) is 36.8 Å². The first-order valence-electron chi connectivity index (χ1n) is 6.48. The fraction of sp³-hybridized carbons (Fsp3) is 0.200. The van der Waals surface area contributed by atoms with E-state index in [1.165, 1.54) is 0 Å². The maximum Gasteiger partial charge on any atom is 0.186 e. The molecule has 5 heteroatoms. The molecule has 0 fully saturated rings. The number of nitrogens with one attached hydrogen (secondary N) is 2. The fourth-order valence-electron chi connectivity index (χ4n) is 2.18. The van der Waals surface area contributed by atoms with Crippen molar-refractivity contribution in [2.45, 2.75) is 6.92 Å². The van der Waals surface area contributed by atoms with Crippen LogP contribution in [-0.2, 0) is 4.74 Å². The minimum absolute atomic E-state index is 0.619. The normalized spacial score (nSPS) is 14.2. The zero-order valence-electron chi connectivity index (χ0n) is 11.1. The second-order valence-corrected chi connectivity index (χ2v) is 4.42. The van der Waals surface area contributed by atoms with Crippen LogP contribution in [0.25, 0.3) is 16.6 Å². The van der Waals surface area contributed by atoms with Gasteiger partial charge in [-0.25, -0.2) is 4.98 Å². The highest BCUT2D eigenvalue weighted by molar-refractivity contribution is 5.84. The Kier molecular flexibility index (Phi) is 3.13. The summed E-state index contributed by atoms with van der Waals surface area (Å²) < 4.78 is 5.40. The number of aromatic nitrogens is 2. The van der Waals surface area contributed by atoms with Crippen LogP contribution in [0.2, 0.25) is 0 Å². The lowest BCUT2D eigenvalue weighted by Crippen LogP contribution is -2.21. The molecule has 0 saturated heterocycles. The van der Waals surface area contributed by atoms with Crippen LogP contribution in [0.5, 0.6) is 0 Å². The lowest BCUT2D eigenvalue weighted by atomic mass is 10.1. The molecule has 2 aromatic rings. The SMILES string of the molecule is CCOC1=CC=C(c2ccc3c(C#N)c[nH]c3n2)CN1. The Morgan fingerprint density at radius 3 is 3.00 bits per heavy atom. The molecule has 1 aliphatic rings. The lowest BCUT2D eigenvalue weighted by molar-refractivity contribution is 0.208. The summed E-state index contributed by atoms with van der Waals surface area (Å²) in [5.74, 6) is 0.781. The third kappa shape index (κ3) is 2.12. The van der Waals surface area contributed by atoms with Gasteiger partial charge in [0.25, 0.3) is 0 Å². The molecule has 20 heavy (non-hydrogen) atoms. The molecule has 0 radical (unpaired) electrons. The van der Waals surface area contributed by atoms with Crippen molar-refractivity contribution in [3.63, 3.8) is 0 Å². The molecule has 0 amide bonds. The minimum Gasteiger partial charge on any atom is -0.479 e. The second kappa shape index (κ2) is 5.10. The van der Waals surface area contributed by atoms with Crippen LogP contribution in [-0.4, -0.2) is 23.1 Å². The molecule has 0 unspecified atom stereocenters. The summed E-state index contributed by atoms with van der Waals surface area (Å²) in [6, 6.07) is 6.01. The van der Waals surface area contributed by atoms with Crippen molar-refractivity contribution in [1.29, 1.82) is 5.26 Å². The van der Waals surface area contributed by atoms with Gasteiger partial charge in [0.05, 0.1) is 17.9 Å². The number of nitrogens with zero attached hydrogens (tertiary/aromatic N) is 2. The van der Waals surface area contributed by atoms with Gasteiger partial charge in [-0.3, -0.25) is 0 Å². The van der Waals surface area contributed by atoms with Crippen molar-refractivity contribution >= 4 is 16.6 Å². The van der Waals surface area contributed by atoms with E-state index in [0.29, 0.717) is 18.7 Å². The quantitative estimate of drug-likeness (QED) is 0.894. The maximum atomic E-state index is 8.98. The molecule has 0 atom stereocenters. The maximum absolute atomic E-state index is 8.98. The summed E-state index contributed by atoms with van der Waals surface area (Å²) >= 11 is 0. The van der Waals surface area contributed by atoms with Gasteiger partial charge in [0.2, 0.25) is 0 Å². The molecule has 0 aromatic carbocycles. The molecule has 0 saturated carbocycles. The predicted octanol–water partition coefficient (Wildman–Crippen LogP) is 2.30. The van der Waals surface area contributed by atoms with Crippen LogP contribution in [0.15, 0.2) is 36.4 Å². The van der Waals surface area contributed by atoms with E-state index in [2.05, 4.69) is 21.4 Å². The third-order valence-electron chi connectivity index (χ3n) is 3.18. The van der Waals surface area contributed by atoms with Crippen molar-refractivity contribution < 1.29 is 4.74 Å². The molecule has 0 aliphatic carbocycles. The van der Waals surface area contributed by atoms with Crippen LogP contribution in [0, 0.1) is 11.3 Å². The zero-order valence-corrected chi connectivity index (χ0v) is 11.1. The number of hydrogen-bond acceptors (Lipinski definition) is 4. The van der Waals surface area contributed by atoms with Gasteiger partial charge in [-0.15, -0.1) is 0 Å². The number of H-pyrrole nitrogens is 1. The predicted molar refractivity (Wildman–Crippen MR) is 76.5 cm³/mol. The van der Waals surface area contributed by atoms with Gasteiger partial charge < -0.3 is 15.0 Å². The molecular formula is C15H14N4O. The summed E-state index contributed by atoms with van der Waals surface area (Å²) in [6.07, 6.45) is 5.59. The Balaban J connectivity index is 1.94. The first kappa shape index (κ1) is 12.3. The van der Waals surface area contributed by atoms with Crippen LogP contribution in [0.4, 0.5) is 0 Å². The molecular weight excluding hydrogens is 252 g/mol. The molecule has 100 valence electrons. The van der Waals surface area contributed by atoms with E-state index < -0.39 is 0 Å². The number of allylic oxidation sites excluding steroid dienone is 2. The lowest BCUT2D eigenvalue weighted by Gasteiger charge is -2.16. The number of dihydropyridines is 1. The van der Waals surface area contributed by atoms with E-state index in [1.807, 2.05) is 31.2 Å². The Hall–Kier alpha value is -2.74. The van der Waals surface area contributed by atoms with E-state index in [0.717, 1.165) is 28.2 Å². The average molecular weight is 266 g/mol. The topological polar surface area (TPSA) is 73.7 Å². The Morgan fingerprint density at radius 2 is 2.30 bits per heavy atom. The second-order valence-electron chi connectivity index (χ2n) is 4.42. The number of rotatable bonds is 3. The number of hydrogen-bond donors (Lipinski definition) is 2. The molecule has 1 aliphatic heterocycles. The van der Waals surface area contributed by atoms with Gasteiger partial charge in [0.15, 0.2) is 5.88 Å². The molecule has 3 heterocycles. The number of pyridine rings is 1. The zero-order chi connectivity index (χ0) is 13.9. The first-order chi connectivity index (χ1) is 9.81. The Morgan fingerprint density at radius 1 is 1.40 bits per heavy atom. The van der Waals surface area contributed by atoms with Crippen molar-refractivity contribution in [2.24, 2.45) is 0 Å². The highest BCUT2D eigenvalue weighted by atomic mass is 16.5. The van der Waals surface area contributed by atoms with Gasteiger partial charge >= 0.3 is 0 Å². The van der Waals surface area contributed by atoms with E-state index in [-0.39, 0.29) is 0 Å². The number of ether oxygens (including phenoxy) is 1. The van der Waals surface area contributed by atoms with E-state index in [4.69, 9.17) is 10.00 Å². The van der Waals surface area contributed by atoms with Gasteiger partial charge in [0.1, 0.15) is 11.7 Å². The summed E-state index contributed by atoms with van der Waals surface area (Å²) in [7, 11) is 0. The van der Waals surface area contributed by atoms with Crippen LogP contribution in [0.1, 0.15) is 18.2 Å². The molecule has 2 N–H and O–H groups in total. The molecule has 0 spiro atoms. The van der Waals surface area contributed by atoms with Gasteiger partial charge in [0, 0.05) is 18.1 Å². The Bertz CT molecular complexity index is 749. The molecule has 0 bridgehead atoms.